The topological polar surface area (TPSA) is 29.1 Å². The van der Waals surface area contributed by atoms with Crippen molar-refractivity contribution in [3.63, 3.8) is 0 Å². The van der Waals surface area contributed by atoms with Crippen molar-refractivity contribution < 1.29 is 4.79 Å². The number of rotatable bonds is 2. The van der Waals surface area contributed by atoms with E-state index in [9.17, 15) is 4.79 Å². The van der Waals surface area contributed by atoms with Crippen molar-refractivity contribution in [2.75, 3.05) is 13.1 Å². The molecular weight excluding hydrogens is 186 g/mol. The lowest BCUT2D eigenvalue weighted by atomic mass is 9.83. The Kier molecular flexibility index (Phi) is 4.18. The van der Waals surface area contributed by atoms with Crippen LogP contribution in [0.15, 0.2) is 0 Å². The molecule has 0 radical (unpaired) electrons. The molecule has 15 heavy (non-hydrogen) atoms. The summed E-state index contributed by atoms with van der Waals surface area (Å²) in [6.07, 6.45) is 9.74. The normalized spacial score (nSPS) is 26.1. The van der Waals surface area contributed by atoms with E-state index in [0.717, 1.165) is 25.9 Å². The van der Waals surface area contributed by atoms with Crippen molar-refractivity contribution in [2.24, 2.45) is 11.8 Å². The molecule has 0 spiro atoms. The molecule has 2 fully saturated rings. The largest absolute Gasteiger partial charge is 0.317 e. The minimum atomic E-state index is 0.384. The zero-order valence-corrected chi connectivity index (χ0v) is 9.63. The maximum Gasteiger partial charge on any atom is 0.139 e. The van der Waals surface area contributed by atoms with E-state index in [-0.39, 0.29) is 0 Å². The first kappa shape index (κ1) is 11.1. The fraction of sp³-hybridized carbons (Fsp3) is 0.923. The number of hydrogen-bond acceptors (Lipinski definition) is 2. The minimum absolute atomic E-state index is 0.384. The molecule has 86 valence electrons. The third kappa shape index (κ3) is 3.04. The average molecular weight is 209 g/mol. The summed E-state index contributed by atoms with van der Waals surface area (Å²) in [5, 5.41) is 3.33. The van der Waals surface area contributed by atoms with Gasteiger partial charge in [0.15, 0.2) is 0 Å². The lowest BCUT2D eigenvalue weighted by Crippen LogP contribution is -2.34. The Morgan fingerprint density at radius 1 is 0.800 bits per heavy atom. The molecule has 0 atom stereocenters. The molecule has 0 amide bonds. The van der Waals surface area contributed by atoms with E-state index in [2.05, 4.69) is 5.32 Å². The maximum absolute atomic E-state index is 12.3. The van der Waals surface area contributed by atoms with Gasteiger partial charge in [0.05, 0.1) is 0 Å². The van der Waals surface area contributed by atoms with Crippen LogP contribution in [-0.2, 0) is 4.79 Å². The van der Waals surface area contributed by atoms with Crippen molar-refractivity contribution in [2.45, 2.75) is 51.4 Å². The van der Waals surface area contributed by atoms with Gasteiger partial charge in [0, 0.05) is 11.8 Å². The third-order valence-corrected chi connectivity index (χ3v) is 4.00. The van der Waals surface area contributed by atoms with Crippen molar-refractivity contribution in [1.82, 2.24) is 5.32 Å². The van der Waals surface area contributed by atoms with Gasteiger partial charge in [-0.15, -0.1) is 0 Å². The Morgan fingerprint density at radius 3 is 1.93 bits per heavy atom. The SMILES string of the molecule is O=C(C1CCCCCC1)C1CCNCC1. The Labute approximate surface area is 92.8 Å². The van der Waals surface area contributed by atoms with Gasteiger partial charge >= 0.3 is 0 Å². The van der Waals surface area contributed by atoms with Crippen molar-refractivity contribution in [1.29, 1.82) is 0 Å². The first-order valence-electron chi connectivity index (χ1n) is 6.62. The van der Waals surface area contributed by atoms with Gasteiger partial charge in [-0.25, -0.2) is 0 Å². The molecule has 0 aromatic carbocycles. The van der Waals surface area contributed by atoms with E-state index in [1.165, 1.54) is 38.5 Å². The molecule has 1 N–H and O–H groups in total. The first-order valence-corrected chi connectivity index (χ1v) is 6.62. The van der Waals surface area contributed by atoms with Gasteiger partial charge < -0.3 is 5.32 Å². The van der Waals surface area contributed by atoms with E-state index < -0.39 is 0 Å². The fourth-order valence-electron chi connectivity index (χ4n) is 3.00. The van der Waals surface area contributed by atoms with Crippen LogP contribution in [0, 0.1) is 11.8 Å². The van der Waals surface area contributed by atoms with Gasteiger partial charge in [0.2, 0.25) is 0 Å². The van der Waals surface area contributed by atoms with Gasteiger partial charge in [-0.3, -0.25) is 4.79 Å². The fourth-order valence-corrected chi connectivity index (χ4v) is 3.00. The number of carbonyl (C=O) groups is 1. The van der Waals surface area contributed by atoms with E-state index >= 15 is 0 Å². The summed E-state index contributed by atoms with van der Waals surface area (Å²) < 4.78 is 0. The molecule has 0 unspecified atom stereocenters. The first-order chi connectivity index (χ1) is 7.38. The molecule has 1 saturated carbocycles. The second-order valence-electron chi connectivity index (χ2n) is 5.12. The zero-order valence-electron chi connectivity index (χ0n) is 9.63. The molecular formula is C13H23NO. The molecule has 0 aromatic heterocycles. The molecule has 1 aliphatic carbocycles. The Hall–Kier alpha value is -0.370. The summed E-state index contributed by atoms with van der Waals surface area (Å²) in [7, 11) is 0. The van der Waals surface area contributed by atoms with Crippen LogP contribution in [0.3, 0.4) is 0 Å². The standard InChI is InChI=1S/C13H23NO/c15-13(12-7-9-14-10-8-12)11-5-3-1-2-4-6-11/h11-12,14H,1-10H2. The molecule has 1 heterocycles. The Bertz CT molecular complexity index is 201. The van der Waals surface area contributed by atoms with Crippen LogP contribution in [0.1, 0.15) is 51.4 Å². The highest BCUT2D eigenvalue weighted by molar-refractivity contribution is 5.83. The maximum atomic E-state index is 12.3. The number of carbonyl (C=O) groups excluding carboxylic acids is 1. The molecule has 2 heteroatoms. The molecule has 0 aromatic rings. The Morgan fingerprint density at radius 2 is 1.33 bits per heavy atom. The summed E-state index contributed by atoms with van der Waals surface area (Å²) >= 11 is 0. The highest BCUT2D eigenvalue weighted by Crippen LogP contribution is 2.28. The predicted molar refractivity (Wildman–Crippen MR) is 61.8 cm³/mol. The van der Waals surface area contributed by atoms with Crippen molar-refractivity contribution >= 4 is 5.78 Å². The van der Waals surface area contributed by atoms with Crippen molar-refractivity contribution in [3.05, 3.63) is 0 Å². The van der Waals surface area contributed by atoms with Crippen LogP contribution in [0.2, 0.25) is 0 Å². The predicted octanol–water partition coefficient (Wildman–Crippen LogP) is 2.53. The summed E-state index contributed by atoms with van der Waals surface area (Å²) in [5.74, 6) is 1.39. The van der Waals surface area contributed by atoms with Gasteiger partial charge in [0.25, 0.3) is 0 Å². The monoisotopic (exact) mass is 209 g/mol. The number of nitrogens with one attached hydrogen (secondary N) is 1. The lowest BCUT2D eigenvalue weighted by molar-refractivity contribution is -0.128. The van der Waals surface area contributed by atoms with E-state index in [1.54, 1.807) is 0 Å². The number of ketones is 1. The summed E-state index contributed by atoms with van der Waals surface area (Å²) in [6.45, 7) is 2.09. The van der Waals surface area contributed by atoms with Gasteiger partial charge in [0.1, 0.15) is 5.78 Å². The molecule has 2 rings (SSSR count). The Balaban J connectivity index is 1.87. The average Bonchev–Trinajstić information content (AvgIpc) is 2.58. The third-order valence-electron chi connectivity index (χ3n) is 4.00. The highest BCUT2D eigenvalue weighted by atomic mass is 16.1. The van der Waals surface area contributed by atoms with Crippen LogP contribution >= 0.6 is 0 Å². The van der Waals surface area contributed by atoms with Gasteiger partial charge in [-0.05, 0) is 38.8 Å². The van der Waals surface area contributed by atoms with Gasteiger partial charge in [-0.1, -0.05) is 25.7 Å². The molecule has 1 saturated heterocycles. The highest BCUT2D eigenvalue weighted by Gasteiger charge is 2.28. The van der Waals surface area contributed by atoms with Gasteiger partial charge in [-0.2, -0.15) is 0 Å². The lowest BCUT2D eigenvalue weighted by Gasteiger charge is -2.25. The van der Waals surface area contributed by atoms with Crippen LogP contribution in [-0.4, -0.2) is 18.9 Å². The van der Waals surface area contributed by atoms with Crippen molar-refractivity contribution in [3.8, 4) is 0 Å². The molecule has 1 aliphatic heterocycles. The smallest absolute Gasteiger partial charge is 0.139 e. The summed E-state index contributed by atoms with van der Waals surface area (Å²) in [6, 6.07) is 0. The van der Waals surface area contributed by atoms with E-state index in [1.807, 2.05) is 0 Å². The zero-order chi connectivity index (χ0) is 10.5. The number of hydrogen-bond donors (Lipinski definition) is 1. The second-order valence-corrected chi connectivity index (χ2v) is 5.12. The van der Waals surface area contributed by atoms with Crippen LogP contribution in [0.4, 0.5) is 0 Å². The molecule has 0 bridgehead atoms. The van der Waals surface area contributed by atoms with E-state index in [0.29, 0.717) is 17.6 Å². The van der Waals surface area contributed by atoms with Crippen LogP contribution in [0.25, 0.3) is 0 Å². The summed E-state index contributed by atoms with van der Waals surface area (Å²) in [5.41, 5.74) is 0. The summed E-state index contributed by atoms with van der Waals surface area (Å²) in [4.78, 5) is 12.3. The molecule has 2 aliphatic rings. The van der Waals surface area contributed by atoms with E-state index in [4.69, 9.17) is 0 Å². The molecule has 2 nitrogen and oxygen atoms in total. The number of Topliss-reactive ketones (excluding diaryl/α,β-unsaturated/α-hetero) is 1. The second kappa shape index (κ2) is 5.64. The number of piperidine rings is 1. The quantitative estimate of drug-likeness (QED) is 0.708. The van der Waals surface area contributed by atoms with Crippen LogP contribution < -0.4 is 5.32 Å². The minimum Gasteiger partial charge on any atom is -0.317 e. The van der Waals surface area contributed by atoms with Crippen LogP contribution in [0.5, 0.6) is 0 Å².